The van der Waals surface area contributed by atoms with Gasteiger partial charge in [0.25, 0.3) is 0 Å². The Morgan fingerprint density at radius 1 is 0.461 bits per heavy atom. The van der Waals surface area contributed by atoms with Crippen LogP contribution in [-0.2, 0) is 86.0 Å². The molecule has 3 aliphatic carbocycles. The number of ether oxygens (including phenoxy) is 6. The van der Waals surface area contributed by atoms with Crippen molar-refractivity contribution in [2.24, 2.45) is 71.0 Å². The molecule has 0 fully saturated rings. The molecule has 0 aliphatic heterocycles. The smallest absolute Gasteiger partial charge is 0.311 e. The van der Waals surface area contributed by atoms with E-state index in [2.05, 4.69) is 9.47 Å². The molecule has 0 heterocycles. The van der Waals surface area contributed by atoms with Gasteiger partial charge in [-0.15, -0.1) is 0 Å². The summed E-state index contributed by atoms with van der Waals surface area (Å²) in [7, 11) is 2.35. The lowest BCUT2D eigenvalue weighted by Gasteiger charge is -2.33. The first-order valence-electron chi connectivity index (χ1n) is 25.0. The lowest BCUT2D eigenvalue weighted by atomic mass is 9.70. The van der Waals surface area contributed by atoms with Crippen LogP contribution in [0.2, 0.25) is 0 Å². The lowest BCUT2D eigenvalue weighted by Crippen LogP contribution is -2.39. The van der Waals surface area contributed by atoms with Crippen molar-refractivity contribution in [2.75, 3.05) is 40.6 Å². The molecule has 0 radical (unpaired) electrons. The minimum Gasteiger partial charge on any atom is -0.481 e. The van der Waals surface area contributed by atoms with Crippen molar-refractivity contribution >= 4 is 71.6 Å². The van der Waals surface area contributed by atoms with Gasteiger partial charge in [0.15, 0.2) is 0 Å². The molecule has 0 amide bonds. The third-order valence-electron chi connectivity index (χ3n) is 13.2. The first-order valence-corrected chi connectivity index (χ1v) is 25.0. The fourth-order valence-electron chi connectivity index (χ4n) is 9.30. The number of aliphatic carboxylic acids is 6. The molecule has 6 N–H and O–H groups in total. The number of carbonyl (C=O) groups excluding carboxylic acids is 6. The van der Waals surface area contributed by atoms with Crippen LogP contribution in [0, 0.1) is 71.0 Å². The largest absolute Gasteiger partial charge is 0.481 e. The number of hydrogen-bond acceptors (Lipinski definition) is 18. The van der Waals surface area contributed by atoms with Gasteiger partial charge in [-0.25, -0.2) is 0 Å². The Morgan fingerprint density at radius 2 is 0.855 bits per heavy atom. The van der Waals surface area contributed by atoms with Crippen molar-refractivity contribution in [3.63, 3.8) is 0 Å². The number of esters is 6. The van der Waals surface area contributed by atoms with Gasteiger partial charge >= 0.3 is 71.6 Å². The predicted molar refractivity (Wildman–Crippen MR) is 261 cm³/mol. The van der Waals surface area contributed by atoms with Crippen LogP contribution in [0.1, 0.15) is 106 Å². The molecule has 12 unspecified atom stereocenters. The number of unbranched alkanes of at least 4 members (excludes halogenated alkanes) is 2. The van der Waals surface area contributed by atoms with Gasteiger partial charge in [0, 0.05) is 0 Å². The van der Waals surface area contributed by atoms with Gasteiger partial charge in [0.05, 0.1) is 113 Å². The number of methoxy groups -OCH3 is 2. The highest BCUT2D eigenvalue weighted by Crippen LogP contribution is 2.41. The van der Waals surface area contributed by atoms with E-state index in [1.807, 2.05) is 13.8 Å². The molecule has 426 valence electrons. The van der Waals surface area contributed by atoms with Crippen molar-refractivity contribution in [3.05, 3.63) is 35.5 Å². The minimum absolute atomic E-state index is 0.0570. The molecule has 24 nitrogen and oxygen atoms in total. The molecular weight excluding hydrogens is 1010 g/mol. The maximum atomic E-state index is 12.5. The molecule has 0 bridgehead atoms. The van der Waals surface area contributed by atoms with E-state index in [-0.39, 0.29) is 65.0 Å². The van der Waals surface area contributed by atoms with Crippen LogP contribution < -0.4 is 0 Å². The Kier molecular flexibility index (Phi) is 29.7. The average molecular weight is 1080 g/mol. The van der Waals surface area contributed by atoms with Crippen molar-refractivity contribution in [1.82, 2.24) is 0 Å². The summed E-state index contributed by atoms with van der Waals surface area (Å²) in [6.45, 7) is 11.0. The highest BCUT2D eigenvalue weighted by atomic mass is 16.6. The lowest BCUT2D eigenvalue weighted by molar-refractivity contribution is -0.159. The van der Waals surface area contributed by atoms with Crippen LogP contribution >= 0.6 is 0 Å². The van der Waals surface area contributed by atoms with Gasteiger partial charge in [-0.05, 0) is 77.6 Å². The fraction of sp³-hybridized carbons (Fsp3) is 0.654. The quantitative estimate of drug-likeness (QED) is 0.0292. The molecule has 76 heavy (non-hydrogen) atoms. The number of hydrogen-bond donors (Lipinski definition) is 6. The Balaban J connectivity index is 0.000000573. The fourth-order valence-corrected chi connectivity index (χ4v) is 9.30. The Labute approximate surface area is 440 Å². The second kappa shape index (κ2) is 33.7. The molecule has 3 aliphatic rings. The summed E-state index contributed by atoms with van der Waals surface area (Å²) in [5, 5.41) is 55.8. The Hall–Kier alpha value is -7.14. The molecule has 0 saturated heterocycles. The van der Waals surface area contributed by atoms with E-state index in [4.69, 9.17) is 18.9 Å². The number of carboxylic acid groups (broad SMARTS) is 6. The van der Waals surface area contributed by atoms with Gasteiger partial charge < -0.3 is 59.1 Å². The predicted octanol–water partition coefficient (Wildman–Crippen LogP) is 4.85. The highest BCUT2D eigenvalue weighted by Gasteiger charge is 2.46. The highest BCUT2D eigenvalue weighted by molar-refractivity contribution is 5.86. The summed E-state index contributed by atoms with van der Waals surface area (Å²) in [4.78, 5) is 141. The van der Waals surface area contributed by atoms with Crippen LogP contribution in [0.25, 0.3) is 0 Å². The topological polar surface area (TPSA) is 382 Å². The SMILES string of the molecule is CCCCOC(=O)CC(C(=O)OCCCC)C1C=CC(C(=O)O)C(C(=O)O)C1.CCOC(=O)CC(C(=O)OCC)C1C=C(C)C(C(=O)O)C(C(=O)O)C1.COC(=O)CC(C(=O)OC)C1C=C(C)C(C(=O)O)C(C(=O)O)C1. The van der Waals surface area contributed by atoms with E-state index in [1.54, 1.807) is 26.0 Å². The first-order chi connectivity index (χ1) is 35.8. The van der Waals surface area contributed by atoms with Crippen molar-refractivity contribution in [3.8, 4) is 0 Å². The summed E-state index contributed by atoms with van der Waals surface area (Å²) < 4.78 is 29.5. The summed E-state index contributed by atoms with van der Waals surface area (Å²) in [5.41, 5.74) is 0.703. The van der Waals surface area contributed by atoms with Crippen LogP contribution in [0.4, 0.5) is 0 Å². The maximum Gasteiger partial charge on any atom is 0.311 e. The molecule has 0 saturated carbocycles. The number of allylic oxidation sites excluding steroid dienone is 3. The van der Waals surface area contributed by atoms with E-state index in [0.29, 0.717) is 24.0 Å². The monoisotopic (exact) mass is 1080 g/mol. The average Bonchev–Trinajstić information content (AvgIpc) is 3.35. The van der Waals surface area contributed by atoms with Crippen molar-refractivity contribution < 1.29 is 117 Å². The van der Waals surface area contributed by atoms with Gasteiger partial charge in [-0.1, -0.05) is 62.1 Å². The van der Waals surface area contributed by atoms with Crippen LogP contribution in [0.5, 0.6) is 0 Å². The summed E-state index contributed by atoms with van der Waals surface area (Å²) in [6.07, 6.45) is 8.09. The van der Waals surface area contributed by atoms with E-state index in [0.717, 1.165) is 12.8 Å². The Morgan fingerprint density at radius 3 is 1.25 bits per heavy atom. The second-order valence-electron chi connectivity index (χ2n) is 18.4. The van der Waals surface area contributed by atoms with Gasteiger partial charge in [0.1, 0.15) is 0 Å². The maximum absolute atomic E-state index is 12.5. The number of carbonyl (C=O) groups is 12. The van der Waals surface area contributed by atoms with Crippen molar-refractivity contribution in [2.45, 2.75) is 106 Å². The third-order valence-corrected chi connectivity index (χ3v) is 13.2. The van der Waals surface area contributed by atoms with E-state index in [9.17, 15) is 88.2 Å². The molecule has 0 spiro atoms. The number of rotatable bonds is 26. The summed E-state index contributed by atoms with van der Waals surface area (Å²) >= 11 is 0. The zero-order valence-electron chi connectivity index (χ0n) is 44.2. The summed E-state index contributed by atoms with van der Waals surface area (Å²) in [5.74, 6) is -22.6. The zero-order chi connectivity index (χ0) is 58.0. The van der Waals surface area contributed by atoms with Gasteiger partial charge in [0.2, 0.25) is 0 Å². The zero-order valence-corrected chi connectivity index (χ0v) is 44.2. The van der Waals surface area contributed by atoms with Crippen LogP contribution in [-0.4, -0.2) is 143 Å². The first kappa shape index (κ1) is 66.9. The molecule has 0 aromatic heterocycles. The second-order valence-corrected chi connectivity index (χ2v) is 18.4. The van der Waals surface area contributed by atoms with Crippen molar-refractivity contribution in [1.29, 1.82) is 0 Å². The normalized spacial score (nSPS) is 23.7. The van der Waals surface area contributed by atoms with E-state index >= 15 is 0 Å². The third kappa shape index (κ3) is 20.9. The summed E-state index contributed by atoms with van der Waals surface area (Å²) in [6, 6.07) is 0. The minimum atomic E-state index is -1.25. The number of carboxylic acids is 6. The molecule has 0 aromatic carbocycles. The molecule has 0 aromatic rings. The van der Waals surface area contributed by atoms with Gasteiger partial charge in [-0.2, -0.15) is 0 Å². The van der Waals surface area contributed by atoms with Crippen LogP contribution in [0.15, 0.2) is 35.5 Å². The van der Waals surface area contributed by atoms with E-state index in [1.165, 1.54) is 40.2 Å². The molecule has 3 rings (SSSR count). The molecular formula is C52H74O24. The molecule has 12 atom stereocenters. The van der Waals surface area contributed by atoms with Crippen LogP contribution in [0.3, 0.4) is 0 Å². The van der Waals surface area contributed by atoms with Gasteiger partial charge in [-0.3, -0.25) is 57.5 Å². The Bertz CT molecular complexity index is 2160. The molecule has 24 heteroatoms. The van der Waals surface area contributed by atoms with E-state index < -0.39 is 143 Å². The standard InChI is InChI=1S/C20H30O8.C17H24O8.C15H20O8/c1-3-5-9-27-17(21)12-15(20(26)28-10-6-4-2)13-7-8-14(18(22)23)16(11-13)19(24)25;1-4-24-13(18)8-11(17(23)25-5-2)10-6-9(3)14(16(21)22)12(7-10)15(19)20;1-7-4-8(5-10(13(17)18)12(7)14(19)20)9(15(21)23-3)6-11(16)22-2/h7-8,13-16H,3-6,9-12H2,1-2H3,(H,22,23)(H,24,25);6,10-12,14H,4-5,7-8H2,1-3H3,(H,19,20)(H,21,22);4,8-10,12H,5-6H2,1-3H3,(H,17,18)(H,19,20).